The molecule has 9 N–H and O–H groups in total. The average Bonchev–Trinajstić information content (AvgIpc) is 3.58. The van der Waals surface area contributed by atoms with Crippen LogP contribution in [0.1, 0.15) is 11.8 Å². The van der Waals surface area contributed by atoms with Gasteiger partial charge in [-0.1, -0.05) is 30.3 Å². The molecule has 22 nitrogen and oxygen atoms in total. The van der Waals surface area contributed by atoms with E-state index in [0.717, 1.165) is 22.7 Å². The molecule has 50 heavy (non-hydrogen) atoms. The van der Waals surface area contributed by atoms with Gasteiger partial charge in [0.05, 0.1) is 17.8 Å². The Bertz CT molecular complexity index is 2070. The third kappa shape index (κ3) is 9.15. The van der Waals surface area contributed by atoms with E-state index in [1.165, 1.54) is 10.9 Å². The largest absolute Gasteiger partial charge is 0.490 e. The monoisotopic (exact) mass is 781 g/mol. The van der Waals surface area contributed by atoms with Gasteiger partial charge in [-0.05, 0) is 29.3 Å². The lowest BCUT2D eigenvalue weighted by Gasteiger charge is -2.22. The fourth-order valence-corrected chi connectivity index (χ4v) is 8.96. The first-order valence-electron chi connectivity index (χ1n) is 14.1. The van der Waals surface area contributed by atoms with Gasteiger partial charge >= 0.3 is 29.6 Å². The van der Waals surface area contributed by atoms with Crippen molar-refractivity contribution in [2.24, 2.45) is 0 Å². The number of anilines is 1. The normalized spacial score (nSPS) is 22.6. The van der Waals surface area contributed by atoms with Gasteiger partial charge in [0, 0.05) is 13.1 Å². The van der Waals surface area contributed by atoms with E-state index in [2.05, 4.69) is 38.1 Å². The van der Waals surface area contributed by atoms with Crippen molar-refractivity contribution in [3.8, 4) is 0 Å². The van der Waals surface area contributed by atoms with E-state index in [9.17, 15) is 37.6 Å². The Hall–Kier alpha value is -3.24. The molecule has 4 aromatic rings. The number of benzene rings is 2. The first-order chi connectivity index (χ1) is 23.4. The Morgan fingerprint density at radius 3 is 2.48 bits per heavy atom. The number of nitrogen functional groups attached to an aromatic ring is 1. The van der Waals surface area contributed by atoms with E-state index in [1.54, 1.807) is 12.1 Å². The Labute approximate surface area is 284 Å². The molecule has 7 atom stereocenters. The van der Waals surface area contributed by atoms with Crippen LogP contribution in [0.5, 0.6) is 0 Å². The highest BCUT2D eigenvalue weighted by atomic mass is 32.2. The topological polar surface area (TPSA) is 326 Å². The number of aliphatic hydroxyl groups excluding tert-OH is 1. The summed E-state index contributed by atoms with van der Waals surface area (Å²) in [6, 6.07) is 11.0. The number of aryl methyl sites for hydroxylation is 1. The van der Waals surface area contributed by atoms with Crippen molar-refractivity contribution in [1.82, 2.24) is 29.6 Å². The lowest BCUT2D eigenvalue weighted by molar-refractivity contribution is -0.0508. The van der Waals surface area contributed by atoms with Gasteiger partial charge in [-0.25, -0.2) is 42.4 Å². The van der Waals surface area contributed by atoms with E-state index in [4.69, 9.17) is 25.0 Å². The minimum Gasteiger partial charge on any atom is -0.440 e. The van der Waals surface area contributed by atoms with Crippen LogP contribution in [-0.2, 0) is 47.3 Å². The summed E-state index contributed by atoms with van der Waals surface area (Å²) in [6.45, 7) is 0.757. The summed E-state index contributed by atoms with van der Waals surface area (Å²) in [6.07, 6.45) is -5.26. The van der Waals surface area contributed by atoms with Crippen molar-refractivity contribution >= 4 is 68.3 Å². The number of phosphoric acid groups is 3. The predicted molar refractivity (Wildman–Crippen MR) is 171 cm³/mol. The fraction of sp³-hybridized carbons (Fsp3) is 0.333. The summed E-state index contributed by atoms with van der Waals surface area (Å²) >= 11 is 0. The van der Waals surface area contributed by atoms with Gasteiger partial charge in [-0.15, -0.1) is 0 Å². The van der Waals surface area contributed by atoms with Gasteiger partial charge < -0.3 is 45.2 Å². The van der Waals surface area contributed by atoms with Crippen molar-refractivity contribution in [3.05, 3.63) is 54.6 Å². The first-order valence-corrected chi connectivity index (χ1v) is 19.7. The Morgan fingerprint density at radius 2 is 1.74 bits per heavy atom. The molecule has 4 unspecified atom stereocenters. The van der Waals surface area contributed by atoms with Crippen LogP contribution >= 0.6 is 23.5 Å². The van der Waals surface area contributed by atoms with E-state index in [-0.39, 0.29) is 30.1 Å². The average molecular weight is 782 g/mol. The van der Waals surface area contributed by atoms with Crippen molar-refractivity contribution < 1.29 is 70.0 Å². The highest BCUT2D eigenvalue weighted by molar-refractivity contribution is 7.83. The predicted octanol–water partition coefficient (Wildman–Crippen LogP) is 0.879. The number of aromatic nitrogens is 4. The van der Waals surface area contributed by atoms with Crippen molar-refractivity contribution in [2.75, 3.05) is 25.4 Å². The number of alkyl carbamates (subject to hydrolysis) is 1. The molecule has 1 amide bonds. The van der Waals surface area contributed by atoms with Crippen LogP contribution in [0.15, 0.2) is 53.9 Å². The molecule has 1 saturated heterocycles. The number of aliphatic hydroxyl groups is 1. The second-order valence-electron chi connectivity index (χ2n) is 10.4. The van der Waals surface area contributed by atoms with Crippen LogP contribution in [0.2, 0.25) is 0 Å². The molecule has 5 rings (SSSR count). The summed E-state index contributed by atoms with van der Waals surface area (Å²) in [4.78, 5) is 62.1. The summed E-state index contributed by atoms with van der Waals surface area (Å²) in [7, 11) is -18.8. The number of fused-ring (bicyclic) bond motifs is 2. The summed E-state index contributed by atoms with van der Waals surface area (Å²) in [5.74, 6) is -0.0114. The molecule has 272 valence electrons. The summed E-state index contributed by atoms with van der Waals surface area (Å²) in [5, 5.41) is 15.3. The molecule has 0 spiro atoms. The van der Waals surface area contributed by atoms with Gasteiger partial charge in [0.1, 0.15) is 35.0 Å². The Morgan fingerprint density at radius 1 is 1.02 bits per heavy atom. The van der Waals surface area contributed by atoms with Gasteiger partial charge in [0.2, 0.25) is 0 Å². The van der Waals surface area contributed by atoms with Crippen LogP contribution < -0.4 is 15.8 Å². The number of hydrogen-bond donors (Lipinski definition) is 8. The molecule has 0 radical (unpaired) electrons. The van der Waals surface area contributed by atoms with E-state index < -0.39 is 71.7 Å². The van der Waals surface area contributed by atoms with E-state index in [1.807, 2.05) is 31.2 Å². The molecule has 0 bridgehead atoms. The molecule has 3 heterocycles. The summed E-state index contributed by atoms with van der Waals surface area (Å²) < 4.78 is 75.2. The molecule has 0 saturated carbocycles. The lowest BCUT2D eigenvalue weighted by Crippen LogP contribution is -2.42. The molecular weight excluding hydrogens is 751 g/mol. The zero-order valence-electron chi connectivity index (χ0n) is 25.5. The third-order valence-electron chi connectivity index (χ3n) is 6.96. The van der Waals surface area contributed by atoms with Crippen LogP contribution in [0.4, 0.5) is 10.6 Å². The number of carbonyl (C=O) groups excluding carboxylic acids is 1. The van der Waals surface area contributed by atoms with Crippen molar-refractivity contribution in [1.29, 1.82) is 0 Å². The molecule has 2 aromatic carbocycles. The molecule has 1 aliphatic heterocycles. The summed E-state index contributed by atoms with van der Waals surface area (Å²) in [5.41, 5.74) is 7.03. The van der Waals surface area contributed by atoms with Crippen LogP contribution in [0.25, 0.3) is 21.9 Å². The van der Waals surface area contributed by atoms with Crippen LogP contribution in [0, 0.1) is 6.92 Å². The third-order valence-corrected chi connectivity index (χ3v) is 12.0. The number of imidazole rings is 1. The van der Waals surface area contributed by atoms with Gasteiger partial charge in [-0.3, -0.25) is 9.09 Å². The van der Waals surface area contributed by atoms with Crippen molar-refractivity contribution in [2.45, 2.75) is 36.4 Å². The second-order valence-corrected chi connectivity index (χ2v) is 16.1. The number of ether oxygens (including phenoxy) is 2. The maximum absolute atomic E-state index is 13.0. The SMILES string of the molecule is Cc1cccc2c(S(=O)NCCNC(=O)OC3[C@@H](COP(=O)(O)OP(=O)(O)OP(=O)(O)O)O[C@@H](n4cnc5c(N)ncnc54)[C@H]3O)cccc12. The number of nitrogens with two attached hydrogens (primary N) is 1. The number of hydrogen-bond acceptors (Lipinski definition) is 15. The molecular formula is C24H30N7O15P3S. The number of carbonyl (C=O) groups is 1. The van der Waals surface area contributed by atoms with E-state index in [0.29, 0.717) is 4.90 Å². The molecule has 26 heteroatoms. The maximum Gasteiger partial charge on any atom is 0.490 e. The van der Waals surface area contributed by atoms with Crippen LogP contribution in [-0.4, -0.2) is 92.5 Å². The zero-order chi connectivity index (χ0) is 36.4. The number of nitrogens with one attached hydrogen (secondary N) is 2. The lowest BCUT2D eigenvalue weighted by atomic mass is 10.1. The van der Waals surface area contributed by atoms with Gasteiger partial charge in [0.25, 0.3) is 0 Å². The van der Waals surface area contributed by atoms with E-state index >= 15 is 0 Å². The standard InChI is InChI=1S/C24H30N7O15P3S/c1-13-4-2-6-15-14(13)5-3-7-17(15)50(41)30-9-8-26-24(33)44-20-16(10-42-48(37,38)46-49(39,40)45-47(34,35)36)43-23(19(20)32)31-12-29-18-21(25)27-11-28-22(18)31/h2-7,11-12,16,19-20,23,30,32H,8-10H2,1H3,(H,26,33)(H,37,38)(H,39,40)(H2,25,27,28)(H2,34,35,36)/t16-,19+,20?,23-,50?/m1/s1. The van der Waals surface area contributed by atoms with Crippen molar-refractivity contribution in [3.63, 3.8) is 0 Å². The number of phosphoric ester groups is 1. The number of amides is 1. The minimum atomic E-state index is -5.84. The molecule has 2 aromatic heterocycles. The number of rotatable bonds is 14. The maximum atomic E-state index is 13.0. The van der Waals surface area contributed by atoms with Gasteiger partial charge in [0.15, 0.2) is 23.8 Å². The Balaban J connectivity index is 1.25. The molecule has 1 aliphatic rings. The smallest absolute Gasteiger partial charge is 0.440 e. The quantitative estimate of drug-likeness (QED) is 0.0650. The van der Waals surface area contributed by atoms with Gasteiger partial charge in [-0.2, -0.15) is 8.62 Å². The molecule has 0 aliphatic carbocycles. The molecule has 1 fully saturated rings. The zero-order valence-corrected chi connectivity index (χ0v) is 29.0. The fourth-order valence-electron chi connectivity index (χ4n) is 4.91. The Kier molecular flexibility index (Phi) is 11.5. The second kappa shape index (κ2) is 15.2. The highest BCUT2D eigenvalue weighted by Gasteiger charge is 2.49. The number of nitrogens with zero attached hydrogens (tertiary/aromatic N) is 4. The highest BCUT2D eigenvalue weighted by Crippen LogP contribution is 2.66. The van der Waals surface area contributed by atoms with Crippen LogP contribution in [0.3, 0.4) is 0 Å². The first kappa shape index (κ1) is 38.0. The minimum absolute atomic E-state index is 0.00782.